The molecular weight excluding hydrogens is 211 g/mol. The second kappa shape index (κ2) is 4.31. The van der Waals surface area contributed by atoms with Gasteiger partial charge in [0.05, 0.1) is 0 Å². The van der Waals surface area contributed by atoms with Crippen molar-refractivity contribution >= 4 is 11.3 Å². The van der Waals surface area contributed by atoms with Crippen LogP contribution in [0.5, 0.6) is 0 Å². The van der Waals surface area contributed by atoms with Gasteiger partial charge in [0.15, 0.2) is 0 Å². The minimum Gasteiger partial charge on any atom is -0.320 e. The molecule has 0 aliphatic heterocycles. The molecule has 2 N–H and O–H groups in total. The highest BCUT2D eigenvalue weighted by Gasteiger charge is 2.36. The molecule has 80 valence electrons. The van der Waals surface area contributed by atoms with Gasteiger partial charge in [-0.15, -0.1) is 11.3 Å². The average Bonchev–Trinajstić information content (AvgIpc) is 2.50. The van der Waals surface area contributed by atoms with Gasteiger partial charge in [-0.25, -0.2) is 0 Å². The van der Waals surface area contributed by atoms with E-state index in [0.717, 1.165) is 11.3 Å². The third-order valence-electron chi connectivity index (χ3n) is 1.91. The third kappa shape index (κ3) is 2.99. The summed E-state index contributed by atoms with van der Waals surface area (Å²) >= 11 is 1.40. The Hall–Kier alpha value is -0.550. The summed E-state index contributed by atoms with van der Waals surface area (Å²) in [5.41, 5.74) is 5.02. The van der Waals surface area contributed by atoms with Crippen molar-refractivity contribution in [1.82, 2.24) is 0 Å². The molecule has 1 rings (SSSR count). The molecule has 1 nitrogen and oxygen atoms in total. The fraction of sp³-hybridized carbons (Fsp3) is 0.556. The van der Waals surface area contributed by atoms with Crippen LogP contribution in [0.2, 0.25) is 0 Å². The largest absolute Gasteiger partial charge is 0.403 e. The normalized spacial score (nSPS) is 14.4. The van der Waals surface area contributed by atoms with Gasteiger partial charge in [0.1, 0.15) is 6.04 Å². The van der Waals surface area contributed by atoms with Crippen molar-refractivity contribution in [3.05, 3.63) is 21.9 Å². The summed E-state index contributed by atoms with van der Waals surface area (Å²) in [6, 6.07) is 1.82. The van der Waals surface area contributed by atoms with Gasteiger partial charge in [-0.1, -0.05) is 6.92 Å². The molecule has 0 spiro atoms. The van der Waals surface area contributed by atoms with Crippen LogP contribution in [-0.4, -0.2) is 12.2 Å². The van der Waals surface area contributed by atoms with Crippen LogP contribution in [0.4, 0.5) is 13.2 Å². The van der Waals surface area contributed by atoms with Crippen LogP contribution in [0.15, 0.2) is 12.1 Å². The van der Waals surface area contributed by atoms with Crippen molar-refractivity contribution in [3.8, 4) is 0 Å². The minimum absolute atomic E-state index is 0.117. The first-order chi connectivity index (χ1) is 6.43. The molecule has 1 aromatic heterocycles. The van der Waals surface area contributed by atoms with Gasteiger partial charge in [0.25, 0.3) is 0 Å². The van der Waals surface area contributed by atoms with E-state index in [-0.39, 0.29) is 6.42 Å². The zero-order chi connectivity index (χ0) is 10.8. The number of rotatable bonds is 3. The Bertz CT molecular complexity index is 292. The molecule has 0 amide bonds. The van der Waals surface area contributed by atoms with E-state index in [2.05, 4.69) is 0 Å². The number of thiophene rings is 1. The fourth-order valence-electron chi connectivity index (χ4n) is 1.05. The van der Waals surface area contributed by atoms with Crippen LogP contribution in [-0.2, 0) is 12.8 Å². The van der Waals surface area contributed by atoms with Gasteiger partial charge >= 0.3 is 6.18 Å². The Labute approximate surface area is 84.7 Å². The zero-order valence-electron chi connectivity index (χ0n) is 7.77. The van der Waals surface area contributed by atoms with E-state index in [1.165, 1.54) is 11.3 Å². The first kappa shape index (κ1) is 11.5. The van der Waals surface area contributed by atoms with Gasteiger partial charge in [-0.2, -0.15) is 13.2 Å². The number of alkyl halides is 3. The average molecular weight is 223 g/mol. The monoisotopic (exact) mass is 223 g/mol. The molecule has 1 atom stereocenters. The molecule has 1 unspecified atom stereocenters. The topological polar surface area (TPSA) is 26.0 Å². The summed E-state index contributed by atoms with van der Waals surface area (Å²) in [6.07, 6.45) is -3.56. The number of hydrogen-bond donors (Lipinski definition) is 1. The van der Waals surface area contributed by atoms with E-state index >= 15 is 0 Å². The molecule has 14 heavy (non-hydrogen) atoms. The first-order valence-corrected chi connectivity index (χ1v) is 5.15. The highest BCUT2D eigenvalue weighted by atomic mass is 32.1. The van der Waals surface area contributed by atoms with Crippen molar-refractivity contribution in [1.29, 1.82) is 0 Å². The number of halogens is 3. The molecule has 1 heterocycles. The summed E-state index contributed by atoms with van der Waals surface area (Å²) in [5.74, 6) is 0. The van der Waals surface area contributed by atoms with E-state index in [1.54, 1.807) is 6.07 Å². The summed E-state index contributed by atoms with van der Waals surface area (Å²) in [7, 11) is 0. The van der Waals surface area contributed by atoms with Gasteiger partial charge in [-0.3, -0.25) is 0 Å². The van der Waals surface area contributed by atoms with Crippen LogP contribution < -0.4 is 5.73 Å². The standard InChI is InChI=1S/C9H12F3NS/c1-2-6-3-4-7(14-6)5-8(13)9(10,11)12/h3-4,8H,2,5,13H2,1H3. The predicted octanol–water partition coefficient (Wildman–Crippen LogP) is 2.74. The van der Waals surface area contributed by atoms with Gasteiger partial charge in [-0.05, 0) is 18.6 Å². The minimum atomic E-state index is -4.30. The Morgan fingerprint density at radius 3 is 2.36 bits per heavy atom. The highest BCUT2D eigenvalue weighted by Crippen LogP contribution is 2.24. The van der Waals surface area contributed by atoms with Gasteiger partial charge in [0.2, 0.25) is 0 Å². The molecule has 0 saturated heterocycles. The van der Waals surface area contributed by atoms with Crippen molar-refractivity contribution in [2.24, 2.45) is 5.73 Å². The lowest BCUT2D eigenvalue weighted by atomic mass is 10.2. The maximum atomic E-state index is 12.1. The Morgan fingerprint density at radius 1 is 1.36 bits per heavy atom. The Kier molecular flexibility index (Phi) is 3.55. The molecule has 0 aromatic carbocycles. The molecule has 0 aliphatic carbocycles. The fourth-order valence-corrected chi connectivity index (χ4v) is 2.07. The van der Waals surface area contributed by atoms with E-state index in [0.29, 0.717) is 4.88 Å². The lowest BCUT2D eigenvalue weighted by molar-refractivity contribution is -0.147. The number of hydrogen-bond acceptors (Lipinski definition) is 2. The molecule has 1 aromatic rings. The quantitative estimate of drug-likeness (QED) is 0.837. The lowest BCUT2D eigenvalue weighted by Crippen LogP contribution is -2.38. The summed E-state index contributed by atoms with van der Waals surface area (Å²) in [4.78, 5) is 1.79. The second-order valence-electron chi connectivity index (χ2n) is 3.07. The molecule has 0 saturated carbocycles. The van der Waals surface area contributed by atoms with Crippen LogP contribution in [0.3, 0.4) is 0 Å². The van der Waals surface area contributed by atoms with Crippen LogP contribution in [0.25, 0.3) is 0 Å². The molecule has 0 fully saturated rings. The second-order valence-corrected chi connectivity index (χ2v) is 4.33. The Balaban J connectivity index is 2.60. The maximum absolute atomic E-state index is 12.1. The highest BCUT2D eigenvalue weighted by molar-refractivity contribution is 7.11. The van der Waals surface area contributed by atoms with Crippen LogP contribution >= 0.6 is 11.3 Å². The summed E-state index contributed by atoms with van der Waals surface area (Å²) < 4.78 is 36.3. The third-order valence-corrected chi connectivity index (χ3v) is 3.16. The van der Waals surface area contributed by atoms with Crippen molar-refractivity contribution < 1.29 is 13.2 Å². The molecule has 0 aliphatic rings. The van der Waals surface area contributed by atoms with Crippen molar-refractivity contribution in [2.45, 2.75) is 32.0 Å². The van der Waals surface area contributed by atoms with E-state index in [9.17, 15) is 13.2 Å². The van der Waals surface area contributed by atoms with E-state index in [4.69, 9.17) is 5.73 Å². The molecule has 0 bridgehead atoms. The van der Waals surface area contributed by atoms with Crippen molar-refractivity contribution in [2.75, 3.05) is 0 Å². The smallest absolute Gasteiger partial charge is 0.320 e. The van der Waals surface area contributed by atoms with Gasteiger partial charge < -0.3 is 5.73 Å². The summed E-state index contributed by atoms with van der Waals surface area (Å²) in [5, 5.41) is 0. The SMILES string of the molecule is CCc1ccc(CC(N)C(F)(F)F)s1. The zero-order valence-corrected chi connectivity index (χ0v) is 8.58. The first-order valence-electron chi connectivity index (χ1n) is 4.33. The van der Waals surface area contributed by atoms with Gasteiger partial charge in [0, 0.05) is 16.2 Å². The number of aryl methyl sites for hydroxylation is 1. The van der Waals surface area contributed by atoms with Crippen LogP contribution in [0, 0.1) is 0 Å². The lowest BCUT2D eigenvalue weighted by Gasteiger charge is -2.13. The van der Waals surface area contributed by atoms with E-state index in [1.807, 2.05) is 13.0 Å². The molecule has 0 radical (unpaired) electrons. The summed E-state index contributed by atoms with van der Waals surface area (Å²) in [6.45, 7) is 1.97. The molecule has 5 heteroatoms. The Morgan fingerprint density at radius 2 is 1.93 bits per heavy atom. The van der Waals surface area contributed by atoms with Crippen LogP contribution in [0.1, 0.15) is 16.7 Å². The maximum Gasteiger partial charge on any atom is 0.403 e. The molecular formula is C9H12F3NS. The van der Waals surface area contributed by atoms with E-state index < -0.39 is 12.2 Å². The predicted molar refractivity (Wildman–Crippen MR) is 51.4 cm³/mol. The number of nitrogens with two attached hydrogens (primary N) is 1. The van der Waals surface area contributed by atoms with Crippen molar-refractivity contribution in [3.63, 3.8) is 0 Å².